The second-order valence-electron chi connectivity index (χ2n) is 7.56. The van der Waals surface area contributed by atoms with Crippen molar-refractivity contribution in [2.45, 2.75) is 38.3 Å². The molecule has 1 saturated carbocycles. The molecule has 5 N–H and O–H groups in total. The summed E-state index contributed by atoms with van der Waals surface area (Å²) in [5.74, 6) is 5.09. The lowest BCUT2D eigenvalue weighted by molar-refractivity contribution is -0.632. The van der Waals surface area contributed by atoms with Gasteiger partial charge in [0.1, 0.15) is 29.4 Å². The monoisotopic (exact) mass is 423 g/mol. The van der Waals surface area contributed by atoms with Gasteiger partial charge in [0.2, 0.25) is 17.3 Å². The Kier molecular flexibility index (Phi) is 5.24. The largest absolute Gasteiger partial charge is 0.618 e. The summed E-state index contributed by atoms with van der Waals surface area (Å²) in [6.45, 7) is 1.63. The van der Waals surface area contributed by atoms with Gasteiger partial charge in [0.05, 0.1) is 11.7 Å². The Labute approximate surface area is 177 Å². The smallest absolute Gasteiger partial charge is 0.224 e. The summed E-state index contributed by atoms with van der Waals surface area (Å²) in [7, 11) is 0. The van der Waals surface area contributed by atoms with Crippen molar-refractivity contribution in [1.82, 2.24) is 9.97 Å². The predicted octanol–water partition coefficient (Wildman–Crippen LogP) is 1.60. The van der Waals surface area contributed by atoms with E-state index in [0.29, 0.717) is 46.4 Å². The predicted molar refractivity (Wildman–Crippen MR) is 115 cm³/mol. The molecule has 0 aliphatic heterocycles. The van der Waals surface area contributed by atoms with Crippen LogP contribution in [0.25, 0.3) is 10.9 Å². The van der Waals surface area contributed by atoms with Crippen LogP contribution in [0.3, 0.4) is 0 Å². The number of nitrogens with zero attached hydrogens (tertiary/aromatic N) is 5. The fourth-order valence-corrected chi connectivity index (χ4v) is 3.67. The van der Waals surface area contributed by atoms with Crippen molar-refractivity contribution < 1.29 is 14.2 Å². The average Bonchev–Trinajstić information content (AvgIpc) is 2.73. The standard InChI is InChI=1S/C21H22FN7O2/c1-12-15(22)7-6-14-18(12)26-20(23)27-19(14)16(28-24)11-25-10-13-4-2-5-17(29(13)31)21(30)8-3-9-21/h2,4-7,11,30H,3,8-10,24H2,1H3,(H2,23,26,27). The molecule has 0 unspecified atom stereocenters. The molecule has 2 aromatic heterocycles. The van der Waals surface area contributed by atoms with Gasteiger partial charge >= 0.3 is 0 Å². The molecule has 4 rings (SSSR count). The van der Waals surface area contributed by atoms with E-state index in [0.717, 1.165) is 11.2 Å². The number of benzene rings is 1. The van der Waals surface area contributed by atoms with Gasteiger partial charge < -0.3 is 21.9 Å². The second-order valence-corrected chi connectivity index (χ2v) is 7.56. The van der Waals surface area contributed by atoms with Crippen LogP contribution in [0.1, 0.15) is 41.9 Å². The molecule has 1 aliphatic carbocycles. The van der Waals surface area contributed by atoms with E-state index in [1.165, 1.54) is 18.3 Å². The van der Waals surface area contributed by atoms with E-state index in [9.17, 15) is 14.7 Å². The molecule has 1 aliphatic rings. The highest BCUT2D eigenvalue weighted by Crippen LogP contribution is 2.39. The summed E-state index contributed by atoms with van der Waals surface area (Å²) in [5, 5.41) is 27.4. The van der Waals surface area contributed by atoms with E-state index >= 15 is 0 Å². The number of nitrogen functional groups attached to an aromatic ring is 1. The minimum atomic E-state index is -1.07. The molecule has 9 nitrogen and oxygen atoms in total. The van der Waals surface area contributed by atoms with Gasteiger partial charge in [-0.1, -0.05) is 0 Å². The number of hydrogen-bond acceptors (Lipinski definition) is 8. The van der Waals surface area contributed by atoms with Crippen molar-refractivity contribution >= 4 is 28.8 Å². The summed E-state index contributed by atoms with van der Waals surface area (Å²) in [6, 6.07) is 7.82. The number of pyridine rings is 1. The van der Waals surface area contributed by atoms with E-state index in [2.05, 4.69) is 20.1 Å². The van der Waals surface area contributed by atoms with Gasteiger partial charge in [0.15, 0.2) is 0 Å². The molecular weight excluding hydrogens is 401 g/mol. The zero-order chi connectivity index (χ0) is 22.2. The quantitative estimate of drug-likeness (QED) is 0.186. The summed E-state index contributed by atoms with van der Waals surface area (Å²) in [6.07, 6.45) is 3.39. The maximum atomic E-state index is 13.9. The topological polar surface area (TPSA) is 150 Å². The first-order valence-corrected chi connectivity index (χ1v) is 9.79. The Morgan fingerprint density at radius 2 is 2.10 bits per heavy atom. The third kappa shape index (κ3) is 3.66. The lowest BCUT2D eigenvalue weighted by atomic mass is 9.77. The van der Waals surface area contributed by atoms with Crippen LogP contribution in [0.4, 0.5) is 10.3 Å². The van der Waals surface area contributed by atoms with Crippen molar-refractivity contribution in [1.29, 1.82) is 0 Å². The van der Waals surface area contributed by atoms with Crippen LogP contribution in [0.5, 0.6) is 0 Å². The normalized spacial score (nSPS) is 16.0. The van der Waals surface area contributed by atoms with Crippen molar-refractivity contribution in [3.8, 4) is 0 Å². The summed E-state index contributed by atoms with van der Waals surface area (Å²) in [5.41, 5.74) is 6.63. The molecule has 0 saturated heterocycles. The van der Waals surface area contributed by atoms with Crippen LogP contribution < -0.4 is 16.3 Å². The number of anilines is 1. The van der Waals surface area contributed by atoms with Gasteiger partial charge in [-0.2, -0.15) is 9.83 Å². The zero-order valence-electron chi connectivity index (χ0n) is 16.9. The van der Waals surface area contributed by atoms with Crippen molar-refractivity contribution in [2.75, 3.05) is 5.73 Å². The highest BCUT2D eigenvalue weighted by molar-refractivity contribution is 6.40. The second kappa shape index (κ2) is 7.88. The van der Waals surface area contributed by atoms with E-state index in [4.69, 9.17) is 11.6 Å². The molecule has 10 heteroatoms. The molecule has 3 aromatic rings. The van der Waals surface area contributed by atoms with Crippen molar-refractivity contribution in [2.24, 2.45) is 15.9 Å². The molecule has 1 fully saturated rings. The van der Waals surface area contributed by atoms with Gasteiger partial charge in [-0.05, 0) is 44.4 Å². The van der Waals surface area contributed by atoms with Crippen LogP contribution >= 0.6 is 0 Å². The SMILES string of the molecule is Cc1c(F)ccc2c(C(C=NCc3cccc(C4(O)CCC4)[n+]3[O-])=NN)nc(N)nc12. The molecule has 2 heterocycles. The van der Waals surface area contributed by atoms with Gasteiger partial charge in [-0.15, -0.1) is 0 Å². The first-order chi connectivity index (χ1) is 14.8. The van der Waals surface area contributed by atoms with E-state index in [1.807, 2.05) is 0 Å². The van der Waals surface area contributed by atoms with Crippen LogP contribution in [-0.4, -0.2) is 27.0 Å². The molecular formula is C21H22FN7O2. The average molecular weight is 423 g/mol. The lowest BCUT2D eigenvalue weighted by Gasteiger charge is -2.34. The van der Waals surface area contributed by atoms with Crippen LogP contribution in [0, 0.1) is 17.9 Å². The number of hydrazone groups is 1. The fourth-order valence-electron chi connectivity index (χ4n) is 3.67. The summed E-state index contributed by atoms with van der Waals surface area (Å²) >= 11 is 0. The maximum absolute atomic E-state index is 13.9. The molecule has 1 aromatic carbocycles. The Morgan fingerprint density at radius 3 is 2.77 bits per heavy atom. The Bertz CT molecular complexity index is 1220. The number of rotatable bonds is 5. The minimum absolute atomic E-state index is 0.0403. The van der Waals surface area contributed by atoms with Gasteiger partial charge in [-0.3, -0.25) is 4.99 Å². The molecule has 0 radical (unpaired) electrons. The number of aromatic nitrogens is 3. The minimum Gasteiger partial charge on any atom is -0.618 e. The highest BCUT2D eigenvalue weighted by Gasteiger charge is 2.42. The van der Waals surface area contributed by atoms with Crippen molar-refractivity contribution in [3.05, 3.63) is 64.0 Å². The third-order valence-corrected chi connectivity index (χ3v) is 5.60. The molecule has 0 amide bonds. The lowest BCUT2D eigenvalue weighted by Crippen LogP contribution is -2.48. The molecule has 31 heavy (non-hydrogen) atoms. The number of fused-ring (bicyclic) bond motifs is 1. The van der Waals surface area contributed by atoms with Gasteiger partial charge in [0.25, 0.3) is 0 Å². The maximum Gasteiger partial charge on any atom is 0.224 e. The van der Waals surface area contributed by atoms with E-state index in [1.54, 1.807) is 25.1 Å². The van der Waals surface area contributed by atoms with Crippen LogP contribution in [0.2, 0.25) is 0 Å². The van der Waals surface area contributed by atoms with Gasteiger partial charge in [0, 0.05) is 23.1 Å². The first-order valence-electron chi connectivity index (χ1n) is 9.79. The van der Waals surface area contributed by atoms with E-state index in [-0.39, 0.29) is 18.2 Å². The highest BCUT2D eigenvalue weighted by atomic mass is 19.1. The molecule has 0 bridgehead atoms. The molecule has 0 spiro atoms. The Hall–Kier alpha value is -3.66. The summed E-state index contributed by atoms with van der Waals surface area (Å²) in [4.78, 5) is 12.6. The van der Waals surface area contributed by atoms with E-state index < -0.39 is 11.4 Å². The number of nitrogens with two attached hydrogens (primary N) is 2. The zero-order valence-corrected chi connectivity index (χ0v) is 16.9. The number of hydrogen-bond donors (Lipinski definition) is 3. The number of halogens is 1. The number of aliphatic hydroxyl groups is 1. The third-order valence-electron chi connectivity index (χ3n) is 5.60. The number of aryl methyl sites for hydroxylation is 1. The Morgan fingerprint density at radius 1 is 1.32 bits per heavy atom. The fraction of sp³-hybridized carbons (Fsp3) is 0.286. The van der Waals surface area contributed by atoms with Crippen LogP contribution in [-0.2, 0) is 12.1 Å². The van der Waals surface area contributed by atoms with Crippen LogP contribution in [0.15, 0.2) is 40.4 Å². The number of aliphatic imine (C=N–C) groups is 1. The first kappa shape index (κ1) is 20.6. The van der Waals surface area contributed by atoms with Gasteiger partial charge in [-0.25, -0.2) is 14.4 Å². The molecule has 160 valence electrons. The Balaban J connectivity index is 1.64. The van der Waals surface area contributed by atoms with Crippen molar-refractivity contribution in [3.63, 3.8) is 0 Å². The summed E-state index contributed by atoms with van der Waals surface area (Å²) < 4.78 is 14.7. The molecule has 0 atom stereocenters.